The molecular weight excluding hydrogens is 190 g/mol. The van der Waals surface area contributed by atoms with Crippen molar-refractivity contribution in [1.82, 2.24) is 0 Å². The summed E-state index contributed by atoms with van der Waals surface area (Å²) in [5.74, 6) is -0.114. The second kappa shape index (κ2) is 5.98. The Morgan fingerprint density at radius 3 is 2.60 bits per heavy atom. The number of methoxy groups -OCH3 is 1. The molecule has 1 aromatic rings. The van der Waals surface area contributed by atoms with Crippen LogP contribution in [-0.4, -0.2) is 13.0 Å². The molecule has 0 unspecified atom stereocenters. The van der Waals surface area contributed by atoms with E-state index in [9.17, 15) is 4.79 Å². The summed E-state index contributed by atoms with van der Waals surface area (Å²) in [6.07, 6.45) is 3.19. The molecule has 0 aliphatic heterocycles. The standard InChI is InChI=1S/C12H15NO2/c1-3-4-12(14)13-11-7-5-10(6-8-11)9-15-2/h3-8H,9H2,1-2H3,(H,13,14)/b4-3+. The Labute approximate surface area is 89.8 Å². The Balaban J connectivity index is 2.60. The monoisotopic (exact) mass is 205 g/mol. The van der Waals surface area contributed by atoms with Crippen molar-refractivity contribution >= 4 is 11.6 Å². The molecule has 0 saturated carbocycles. The number of anilines is 1. The fraction of sp³-hybridized carbons (Fsp3) is 0.250. The number of hydrogen-bond donors (Lipinski definition) is 1. The highest BCUT2D eigenvalue weighted by molar-refractivity contribution is 5.99. The van der Waals surface area contributed by atoms with Crippen LogP contribution in [-0.2, 0) is 16.1 Å². The fourth-order valence-electron chi connectivity index (χ4n) is 1.19. The summed E-state index contributed by atoms with van der Waals surface area (Å²) in [6, 6.07) is 7.56. The number of ether oxygens (including phenoxy) is 1. The van der Waals surface area contributed by atoms with E-state index in [2.05, 4.69) is 5.32 Å². The zero-order valence-electron chi connectivity index (χ0n) is 8.99. The Morgan fingerprint density at radius 2 is 2.07 bits per heavy atom. The van der Waals surface area contributed by atoms with E-state index in [1.165, 1.54) is 6.08 Å². The van der Waals surface area contributed by atoms with Crippen LogP contribution < -0.4 is 5.32 Å². The summed E-state index contributed by atoms with van der Waals surface area (Å²) in [4.78, 5) is 11.2. The van der Waals surface area contributed by atoms with Gasteiger partial charge in [-0.2, -0.15) is 0 Å². The molecule has 0 atom stereocenters. The number of allylic oxidation sites excluding steroid dienone is 1. The second-order valence-electron chi connectivity index (χ2n) is 3.12. The molecule has 1 rings (SSSR count). The molecular formula is C12H15NO2. The van der Waals surface area contributed by atoms with Crippen molar-refractivity contribution in [1.29, 1.82) is 0 Å². The normalized spacial score (nSPS) is 10.5. The minimum atomic E-state index is -0.114. The van der Waals surface area contributed by atoms with Crippen LogP contribution in [0.4, 0.5) is 5.69 Å². The lowest BCUT2D eigenvalue weighted by atomic mass is 10.2. The molecule has 1 aromatic carbocycles. The maximum atomic E-state index is 11.2. The van der Waals surface area contributed by atoms with Gasteiger partial charge in [-0.1, -0.05) is 18.2 Å². The van der Waals surface area contributed by atoms with Gasteiger partial charge in [-0.15, -0.1) is 0 Å². The van der Waals surface area contributed by atoms with Gasteiger partial charge in [-0.05, 0) is 30.7 Å². The predicted molar refractivity (Wildman–Crippen MR) is 60.6 cm³/mol. The molecule has 15 heavy (non-hydrogen) atoms. The molecule has 0 aliphatic carbocycles. The molecule has 3 heteroatoms. The highest BCUT2D eigenvalue weighted by atomic mass is 16.5. The maximum Gasteiger partial charge on any atom is 0.248 e. The minimum Gasteiger partial charge on any atom is -0.380 e. The Morgan fingerprint density at radius 1 is 1.40 bits per heavy atom. The van der Waals surface area contributed by atoms with E-state index in [0.29, 0.717) is 6.61 Å². The third kappa shape index (κ3) is 3.95. The van der Waals surface area contributed by atoms with Crippen LogP contribution in [0.3, 0.4) is 0 Å². The van der Waals surface area contributed by atoms with Crippen molar-refractivity contribution in [2.45, 2.75) is 13.5 Å². The zero-order valence-corrected chi connectivity index (χ0v) is 8.99. The number of benzene rings is 1. The van der Waals surface area contributed by atoms with E-state index >= 15 is 0 Å². The van der Waals surface area contributed by atoms with Gasteiger partial charge in [0.05, 0.1) is 6.61 Å². The first-order valence-corrected chi connectivity index (χ1v) is 4.78. The fourth-order valence-corrected chi connectivity index (χ4v) is 1.19. The Hall–Kier alpha value is -1.61. The topological polar surface area (TPSA) is 38.3 Å². The molecule has 0 heterocycles. The van der Waals surface area contributed by atoms with Crippen molar-refractivity contribution in [2.75, 3.05) is 12.4 Å². The van der Waals surface area contributed by atoms with Gasteiger partial charge < -0.3 is 10.1 Å². The molecule has 0 radical (unpaired) electrons. The van der Waals surface area contributed by atoms with Crippen molar-refractivity contribution in [3.8, 4) is 0 Å². The van der Waals surface area contributed by atoms with Gasteiger partial charge >= 0.3 is 0 Å². The Kier molecular flexibility index (Phi) is 4.57. The number of nitrogens with one attached hydrogen (secondary N) is 1. The van der Waals surface area contributed by atoms with Gasteiger partial charge in [0, 0.05) is 12.8 Å². The first-order chi connectivity index (χ1) is 7.26. The predicted octanol–water partition coefficient (Wildman–Crippen LogP) is 2.35. The highest BCUT2D eigenvalue weighted by Gasteiger charge is 1.97. The van der Waals surface area contributed by atoms with E-state index < -0.39 is 0 Å². The van der Waals surface area contributed by atoms with Gasteiger partial charge in [-0.25, -0.2) is 0 Å². The number of carbonyl (C=O) groups is 1. The van der Waals surface area contributed by atoms with Crippen LogP contribution in [0.15, 0.2) is 36.4 Å². The average Bonchev–Trinajstić information content (AvgIpc) is 2.22. The van der Waals surface area contributed by atoms with E-state index in [-0.39, 0.29) is 5.91 Å². The second-order valence-corrected chi connectivity index (χ2v) is 3.12. The summed E-state index contributed by atoms with van der Waals surface area (Å²) in [5.41, 5.74) is 1.87. The van der Waals surface area contributed by atoms with E-state index in [1.807, 2.05) is 24.3 Å². The SMILES string of the molecule is C/C=C/C(=O)Nc1ccc(COC)cc1. The van der Waals surface area contributed by atoms with Crippen LogP contribution in [0.5, 0.6) is 0 Å². The van der Waals surface area contributed by atoms with Crippen molar-refractivity contribution in [3.05, 3.63) is 42.0 Å². The lowest BCUT2D eigenvalue weighted by Crippen LogP contribution is -2.07. The van der Waals surface area contributed by atoms with Gasteiger partial charge in [0.1, 0.15) is 0 Å². The van der Waals surface area contributed by atoms with Crippen LogP contribution in [0.25, 0.3) is 0 Å². The summed E-state index contributed by atoms with van der Waals surface area (Å²) in [7, 11) is 1.65. The summed E-state index contributed by atoms with van der Waals surface area (Å²) in [5, 5.41) is 2.75. The van der Waals surface area contributed by atoms with Gasteiger partial charge in [0.2, 0.25) is 5.91 Å². The van der Waals surface area contributed by atoms with Gasteiger partial charge in [-0.3, -0.25) is 4.79 Å². The number of carbonyl (C=O) groups excluding carboxylic acids is 1. The third-order valence-electron chi connectivity index (χ3n) is 1.85. The molecule has 80 valence electrons. The molecule has 0 saturated heterocycles. The number of hydrogen-bond acceptors (Lipinski definition) is 2. The smallest absolute Gasteiger partial charge is 0.248 e. The first kappa shape index (κ1) is 11.5. The largest absolute Gasteiger partial charge is 0.380 e. The lowest BCUT2D eigenvalue weighted by molar-refractivity contribution is -0.111. The Bertz CT molecular complexity index is 341. The van der Waals surface area contributed by atoms with Crippen LogP contribution >= 0.6 is 0 Å². The van der Waals surface area contributed by atoms with E-state index in [0.717, 1.165) is 11.3 Å². The molecule has 3 nitrogen and oxygen atoms in total. The molecule has 0 bridgehead atoms. The van der Waals surface area contributed by atoms with Crippen LogP contribution in [0.2, 0.25) is 0 Å². The van der Waals surface area contributed by atoms with Crippen LogP contribution in [0, 0.1) is 0 Å². The molecule has 0 aliphatic rings. The van der Waals surface area contributed by atoms with Crippen LogP contribution in [0.1, 0.15) is 12.5 Å². The minimum absolute atomic E-state index is 0.114. The first-order valence-electron chi connectivity index (χ1n) is 4.78. The number of rotatable bonds is 4. The molecule has 1 amide bonds. The highest BCUT2D eigenvalue weighted by Crippen LogP contribution is 2.10. The number of amides is 1. The molecule has 0 spiro atoms. The zero-order chi connectivity index (χ0) is 11.1. The van der Waals surface area contributed by atoms with Crippen molar-refractivity contribution in [3.63, 3.8) is 0 Å². The molecule has 0 fully saturated rings. The summed E-state index contributed by atoms with van der Waals surface area (Å²) >= 11 is 0. The third-order valence-corrected chi connectivity index (χ3v) is 1.85. The van der Waals surface area contributed by atoms with E-state index in [1.54, 1.807) is 20.1 Å². The maximum absolute atomic E-state index is 11.2. The van der Waals surface area contributed by atoms with Crippen molar-refractivity contribution in [2.24, 2.45) is 0 Å². The van der Waals surface area contributed by atoms with Gasteiger partial charge in [0.25, 0.3) is 0 Å². The summed E-state index contributed by atoms with van der Waals surface area (Å²) in [6.45, 7) is 2.39. The summed E-state index contributed by atoms with van der Waals surface area (Å²) < 4.78 is 4.99. The van der Waals surface area contributed by atoms with E-state index in [4.69, 9.17) is 4.74 Å². The molecule has 0 aromatic heterocycles. The lowest BCUT2D eigenvalue weighted by Gasteiger charge is -2.03. The van der Waals surface area contributed by atoms with Gasteiger partial charge in [0.15, 0.2) is 0 Å². The quantitative estimate of drug-likeness (QED) is 0.766. The van der Waals surface area contributed by atoms with Crippen molar-refractivity contribution < 1.29 is 9.53 Å². The average molecular weight is 205 g/mol. The molecule has 1 N–H and O–H groups in total.